The third-order valence-electron chi connectivity index (χ3n) is 4.82. The van der Waals surface area contributed by atoms with Gasteiger partial charge in [0.25, 0.3) is 5.56 Å². The zero-order valence-electron chi connectivity index (χ0n) is 14.7. The fourth-order valence-corrected chi connectivity index (χ4v) is 3.49. The number of nitrogens with one attached hydrogen (secondary N) is 3. The molecule has 3 rings (SSSR count). The number of benzene rings is 1. The van der Waals surface area contributed by atoms with Crippen LogP contribution in [0.15, 0.2) is 29.1 Å². The van der Waals surface area contributed by atoms with Crippen LogP contribution in [-0.2, 0) is 30.7 Å². The highest BCUT2D eigenvalue weighted by Crippen LogP contribution is 2.24. The van der Waals surface area contributed by atoms with Gasteiger partial charge in [-0.2, -0.15) is 5.10 Å². The summed E-state index contributed by atoms with van der Waals surface area (Å²) in [7, 11) is 0. The molecule has 0 spiro atoms. The Morgan fingerprint density at radius 1 is 1.24 bits per heavy atom. The number of hydrogen-bond donors (Lipinski definition) is 3. The molecule has 132 valence electrons. The fourth-order valence-electron chi connectivity index (χ4n) is 3.49. The lowest BCUT2D eigenvalue weighted by Gasteiger charge is -2.25. The summed E-state index contributed by atoms with van der Waals surface area (Å²) < 4.78 is 0. The Morgan fingerprint density at radius 2 is 2.04 bits per heavy atom. The Balaban J connectivity index is 1.79. The van der Waals surface area contributed by atoms with Crippen molar-refractivity contribution in [3.8, 4) is 0 Å². The summed E-state index contributed by atoms with van der Waals surface area (Å²) in [5, 5.41) is 12.9. The van der Waals surface area contributed by atoms with E-state index in [1.807, 2.05) is 38.1 Å². The number of aromatic amines is 1. The number of hydrogen-bond acceptors (Lipinski definition) is 4. The van der Waals surface area contributed by atoms with Gasteiger partial charge in [0.2, 0.25) is 5.91 Å². The van der Waals surface area contributed by atoms with E-state index in [9.17, 15) is 9.59 Å². The van der Waals surface area contributed by atoms with E-state index in [0.717, 1.165) is 41.8 Å². The number of fused-ring (bicyclic) bond motifs is 1. The lowest BCUT2D eigenvalue weighted by Crippen LogP contribution is -2.39. The van der Waals surface area contributed by atoms with E-state index in [2.05, 4.69) is 20.8 Å². The van der Waals surface area contributed by atoms with Crippen LogP contribution in [-0.4, -0.2) is 22.6 Å². The SMILES string of the molecule is CCc1n[nH]c(=O)c(CNC(=O)C2CNCc3ccccc32)c1CC. The van der Waals surface area contributed by atoms with Crippen LogP contribution in [0.5, 0.6) is 0 Å². The zero-order valence-corrected chi connectivity index (χ0v) is 14.7. The quantitative estimate of drug-likeness (QED) is 0.768. The molecule has 0 radical (unpaired) electrons. The smallest absolute Gasteiger partial charge is 0.269 e. The van der Waals surface area contributed by atoms with E-state index in [1.165, 1.54) is 0 Å². The van der Waals surface area contributed by atoms with Crippen LogP contribution in [0.25, 0.3) is 0 Å². The first-order valence-electron chi connectivity index (χ1n) is 8.81. The van der Waals surface area contributed by atoms with E-state index in [-0.39, 0.29) is 23.9 Å². The fraction of sp³-hybridized carbons (Fsp3) is 0.421. The molecular formula is C19H24N4O2. The molecule has 6 heteroatoms. The van der Waals surface area contributed by atoms with Crippen molar-refractivity contribution in [2.24, 2.45) is 0 Å². The maximum Gasteiger partial charge on any atom is 0.269 e. The summed E-state index contributed by atoms with van der Waals surface area (Å²) in [4.78, 5) is 24.9. The van der Waals surface area contributed by atoms with Gasteiger partial charge in [0.05, 0.1) is 11.6 Å². The van der Waals surface area contributed by atoms with Gasteiger partial charge in [-0.25, -0.2) is 5.10 Å². The molecule has 0 fully saturated rings. The topological polar surface area (TPSA) is 86.9 Å². The normalized spacial score (nSPS) is 16.3. The summed E-state index contributed by atoms with van der Waals surface area (Å²) in [6, 6.07) is 7.99. The molecule has 2 aromatic rings. The van der Waals surface area contributed by atoms with Crippen molar-refractivity contribution >= 4 is 5.91 Å². The zero-order chi connectivity index (χ0) is 17.8. The second kappa shape index (κ2) is 7.61. The Kier molecular flexibility index (Phi) is 5.28. The lowest BCUT2D eigenvalue weighted by molar-refractivity contribution is -0.122. The molecule has 0 saturated heterocycles. The third-order valence-corrected chi connectivity index (χ3v) is 4.82. The number of aromatic nitrogens is 2. The van der Waals surface area contributed by atoms with Gasteiger partial charge >= 0.3 is 0 Å². The van der Waals surface area contributed by atoms with Gasteiger partial charge in [-0.05, 0) is 29.5 Å². The second-order valence-electron chi connectivity index (χ2n) is 6.26. The van der Waals surface area contributed by atoms with Crippen molar-refractivity contribution in [1.82, 2.24) is 20.8 Å². The maximum atomic E-state index is 12.7. The van der Waals surface area contributed by atoms with E-state index < -0.39 is 0 Å². The highest BCUT2D eigenvalue weighted by molar-refractivity contribution is 5.84. The first kappa shape index (κ1) is 17.4. The van der Waals surface area contributed by atoms with Crippen LogP contribution < -0.4 is 16.2 Å². The lowest BCUT2D eigenvalue weighted by atomic mass is 9.90. The number of carbonyl (C=O) groups is 1. The van der Waals surface area contributed by atoms with E-state index in [4.69, 9.17) is 0 Å². The van der Waals surface area contributed by atoms with Crippen molar-refractivity contribution in [2.75, 3.05) is 6.54 Å². The summed E-state index contributed by atoms with van der Waals surface area (Å²) in [6.07, 6.45) is 1.47. The first-order chi connectivity index (χ1) is 12.2. The number of H-pyrrole nitrogens is 1. The molecular weight excluding hydrogens is 316 g/mol. The predicted octanol–water partition coefficient (Wildman–Crippen LogP) is 1.40. The Hall–Kier alpha value is -2.47. The molecule has 2 heterocycles. The minimum absolute atomic E-state index is 0.0593. The van der Waals surface area contributed by atoms with Crippen molar-refractivity contribution in [3.05, 3.63) is 62.6 Å². The molecule has 1 amide bonds. The molecule has 1 unspecified atom stereocenters. The average molecular weight is 340 g/mol. The van der Waals surface area contributed by atoms with Crippen LogP contribution in [0.2, 0.25) is 0 Å². The molecule has 0 saturated carbocycles. The van der Waals surface area contributed by atoms with E-state index in [1.54, 1.807) is 0 Å². The number of nitrogens with zero attached hydrogens (tertiary/aromatic N) is 1. The van der Waals surface area contributed by atoms with Gasteiger partial charge in [0.15, 0.2) is 0 Å². The molecule has 1 aliphatic rings. The third kappa shape index (κ3) is 3.49. The molecule has 1 aromatic heterocycles. The Labute approximate surface area is 147 Å². The van der Waals surface area contributed by atoms with Crippen LogP contribution >= 0.6 is 0 Å². The second-order valence-corrected chi connectivity index (χ2v) is 6.26. The predicted molar refractivity (Wildman–Crippen MR) is 96.4 cm³/mol. The van der Waals surface area contributed by atoms with E-state index >= 15 is 0 Å². The first-order valence-corrected chi connectivity index (χ1v) is 8.81. The molecule has 1 aromatic carbocycles. The standard InChI is InChI=1S/C19H24N4O2/c1-3-13-16(19(25)23-22-17(13)4-2)11-21-18(24)15-10-20-9-12-7-5-6-8-14(12)15/h5-8,15,20H,3-4,9-11H2,1-2H3,(H,21,24)(H,23,25). The Morgan fingerprint density at radius 3 is 2.80 bits per heavy atom. The number of carbonyl (C=O) groups excluding carboxylic acids is 1. The minimum atomic E-state index is -0.235. The van der Waals surface area contributed by atoms with Crippen LogP contribution in [0, 0.1) is 0 Å². The van der Waals surface area contributed by atoms with E-state index in [0.29, 0.717) is 12.1 Å². The highest BCUT2D eigenvalue weighted by Gasteiger charge is 2.26. The van der Waals surface area contributed by atoms with Gasteiger partial charge in [-0.3, -0.25) is 9.59 Å². The van der Waals surface area contributed by atoms with Crippen LogP contribution in [0.1, 0.15) is 47.7 Å². The minimum Gasteiger partial charge on any atom is -0.351 e. The number of aryl methyl sites for hydroxylation is 1. The van der Waals surface area contributed by atoms with Crippen molar-refractivity contribution in [3.63, 3.8) is 0 Å². The molecule has 6 nitrogen and oxygen atoms in total. The van der Waals surface area contributed by atoms with Crippen molar-refractivity contribution in [1.29, 1.82) is 0 Å². The molecule has 25 heavy (non-hydrogen) atoms. The largest absolute Gasteiger partial charge is 0.351 e. The maximum absolute atomic E-state index is 12.7. The monoisotopic (exact) mass is 340 g/mol. The van der Waals surface area contributed by atoms with Crippen molar-refractivity contribution < 1.29 is 4.79 Å². The number of amides is 1. The van der Waals surface area contributed by atoms with Crippen molar-refractivity contribution in [2.45, 2.75) is 45.7 Å². The molecule has 1 aliphatic heterocycles. The molecule has 0 aliphatic carbocycles. The molecule has 0 bridgehead atoms. The van der Waals surface area contributed by atoms with Gasteiger partial charge in [-0.1, -0.05) is 38.1 Å². The molecule has 3 N–H and O–H groups in total. The summed E-state index contributed by atoms with van der Waals surface area (Å²) in [5.74, 6) is -0.294. The summed E-state index contributed by atoms with van der Waals surface area (Å²) >= 11 is 0. The molecule has 1 atom stereocenters. The number of rotatable bonds is 5. The van der Waals surface area contributed by atoms with Gasteiger partial charge in [0.1, 0.15) is 0 Å². The van der Waals surface area contributed by atoms with Gasteiger partial charge in [0, 0.05) is 25.2 Å². The summed E-state index contributed by atoms with van der Waals surface area (Å²) in [5.41, 5.74) is 4.42. The summed E-state index contributed by atoms with van der Waals surface area (Å²) in [6.45, 7) is 5.63. The van der Waals surface area contributed by atoms with Crippen LogP contribution in [0.3, 0.4) is 0 Å². The Bertz CT molecular complexity index is 828. The average Bonchev–Trinajstić information content (AvgIpc) is 2.65. The van der Waals surface area contributed by atoms with Crippen LogP contribution in [0.4, 0.5) is 0 Å². The highest BCUT2D eigenvalue weighted by atomic mass is 16.2. The van der Waals surface area contributed by atoms with Gasteiger partial charge in [-0.15, -0.1) is 0 Å². The van der Waals surface area contributed by atoms with Gasteiger partial charge < -0.3 is 10.6 Å².